The molecular formula is C70H133NO5. The van der Waals surface area contributed by atoms with Crippen LogP contribution in [0.15, 0.2) is 36.5 Å². The Morgan fingerprint density at radius 2 is 0.671 bits per heavy atom. The van der Waals surface area contributed by atoms with Crippen molar-refractivity contribution in [2.75, 3.05) is 13.2 Å². The fraction of sp³-hybridized carbons (Fsp3) is 0.886. The minimum absolute atomic E-state index is 0.000789. The van der Waals surface area contributed by atoms with Crippen LogP contribution in [0.1, 0.15) is 373 Å². The van der Waals surface area contributed by atoms with Gasteiger partial charge in [0.15, 0.2) is 0 Å². The molecule has 0 saturated heterocycles. The monoisotopic (exact) mass is 1070 g/mol. The van der Waals surface area contributed by atoms with Crippen molar-refractivity contribution in [1.29, 1.82) is 0 Å². The van der Waals surface area contributed by atoms with Gasteiger partial charge in [0.25, 0.3) is 0 Å². The normalized spacial score (nSPS) is 12.7. The van der Waals surface area contributed by atoms with Gasteiger partial charge < -0.3 is 20.3 Å². The summed E-state index contributed by atoms with van der Waals surface area (Å²) in [4.78, 5) is 24.6. The summed E-state index contributed by atoms with van der Waals surface area (Å²) in [7, 11) is 0. The van der Waals surface area contributed by atoms with Crippen molar-refractivity contribution in [2.24, 2.45) is 0 Å². The maximum Gasteiger partial charge on any atom is 0.305 e. The average molecular weight is 1070 g/mol. The molecule has 0 aromatic heterocycles. The molecule has 0 aliphatic heterocycles. The van der Waals surface area contributed by atoms with E-state index in [4.69, 9.17) is 4.74 Å². The zero-order chi connectivity index (χ0) is 55.0. The Balaban J connectivity index is 3.40. The van der Waals surface area contributed by atoms with Gasteiger partial charge in [-0.25, -0.2) is 0 Å². The number of rotatable bonds is 64. The second-order valence-electron chi connectivity index (χ2n) is 23.5. The average Bonchev–Trinajstić information content (AvgIpc) is 3.42. The first kappa shape index (κ1) is 74.1. The lowest BCUT2D eigenvalue weighted by Crippen LogP contribution is -2.45. The number of allylic oxidation sites excluding steroid dienone is 6. The number of ether oxygens (including phenoxy) is 1. The number of aliphatic hydroxyl groups excluding tert-OH is 2. The number of hydrogen-bond acceptors (Lipinski definition) is 5. The largest absolute Gasteiger partial charge is 0.466 e. The lowest BCUT2D eigenvalue weighted by atomic mass is 10.0. The van der Waals surface area contributed by atoms with Gasteiger partial charge in [-0.3, -0.25) is 9.59 Å². The Bertz CT molecular complexity index is 1230. The molecule has 0 bridgehead atoms. The summed E-state index contributed by atoms with van der Waals surface area (Å²) in [5.41, 5.74) is 0. The van der Waals surface area contributed by atoms with Crippen LogP contribution in [-0.4, -0.2) is 47.4 Å². The second-order valence-corrected chi connectivity index (χ2v) is 23.5. The molecule has 0 heterocycles. The number of carbonyl (C=O) groups is 2. The number of nitrogens with one attached hydrogen (secondary N) is 1. The highest BCUT2D eigenvalue weighted by molar-refractivity contribution is 5.76. The van der Waals surface area contributed by atoms with Crippen LogP contribution in [0.3, 0.4) is 0 Å². The van der Waals surface area contributed by atoms with Crippen LogP contribution in [-0.2, 0) is 14.3 Å². The van der Waals surface area contributed by atoms with Crippen LogP contribution in [0.2, 0.25) is 0 Å². The number of carbonyl (C=O) groups excluding carboxylic acids is 2. The molecule has 76 heavy (non-hydrogen) atoms. The third kappa shape index (κ3) is 61.3. The zero-order valence-electron chi connectivity index (χ0n) is 51.3. The molecule has 6 nitrogen and oxygen atoms in total. The molecule has 0 fully saturated rings. The molecule has 3 N–H and O–H groups in total. The molecule has 0 aliphatic carbocycles. The van der Waals surface area contributed by atoms with E-state index in [1.54, 1.807) is 0 Å². The molecule has 448 valence electrons. The summed E-state index contributed by atoms with van der Waals surface area (Å²) in [5.74, 6) is -0.0355. The SMILES string of the molecule is CCCC/C=C\C/C=C\CCCCCCCC(=O)OCCCCCCCCCCCCCC/C=C\CCCCCCCCCCCC(=O)NC(CO)C(O)CCCCCCCCCCCCCCCCCCCCCC. The van der Waals surface area contributed by atoms with Crippen LogP contribution in [0.5, 0.6) is 0 Å². The number of esters is 1. The Morgan fingerprint density at radius 1 is 0.368 bits per heavy atom. The standard InChI is InChI=1S/C70H133NO5/c1-3-5-7-9-11-13-15-17-19-20-21-29-32-35-38-42-46-50-54-58-62-68(73)67(66-72)71-69(74)63-59-55-51-47-43-39-36-33-30-27-25-23-22-24-26-28-31-34-37-41-45-49-53-57-61-65-76-70(75)64-60-56-52-48-44-40-18-16-14-12-10-8-6-4-2/h10,12,16,18,23,25,67-68,72-73H,3-9,11,13-15,17,19-22,24,26-66H2,1-2H3,(H,71,74)/b12-10-,18-16-,25-23-. The molecule has 2 unspecified atom stereocenters. The van der Waals surface area contributed by atoms with Crippen molar-refractivity contribution in [3.05, 3.63) is 36.5 Å². The van der Waals surface area contributed by atoms with E-state index >= 15 is 0 Å². The van der Waals surface area contributed by atoms with E-state index in [2.05, 4.69) is 55.6 Å². The van der Waals surface area contributed by atoms with Crippen molar-refractivity contribution in [1.82, 2.24) is 5.32 Å². The molecule has 2 atom stereocenters. The first-order chi connectivity index (χ1) is 37.5. The lowest BCUT2D eigenvalue weighted by Gasteiger charge is -2.22. The third-order valence-corrected chi connectivity index (χ3v) is 15.9. The Labute approximate surface area is 474 Å². The van der Waals surface area contributed by atoms with E-state index in [0.717, 1.165) is 51.4 Å². The van der Waals surface area contributed by atoms with Gasteiger partial charge in [-0.1, -0.05) is 320 Å². The Hall–Kier alpha value is -1.92. The molecule has 0 saturated carbocycles. The summed E-state index contributed by atoms with van der Waals surface area (Å²) in [6.07, 6.45) is 83.2. The molecule has 0 radical (unpaired) electrons. The van der Waals surface area contributed by atoms with Crippen molar-refractivity contribution in [3.8, 4) is 0 Å². The first-order valence-corrected chi connectivity index (χ1v) is 34.2. The van der Waals surface area contributed by atoms with Gasteiger partial charge in [0.1, 0.15) is 0 Å². The topological polar surface area (TPSA) is 95.9 Å². The number of hydrogen-bond donors (Lipinski definition) is 3. The number of unbranched alkanes of at least 4 members (excludes halogenated alkanes) is 47. The summed E-state index contributed by atoms with van der Waals surface area (Å²) in [5, 5.41) is 23.4. The predicted octanol–water partition coefficient (Wildman–Crippen LogP) is 21.9. The fourth-order valence-electron chi connectivity index (χ4n) is 10.7. The van der Waals surface area contributed by atoms with Crippen molar-refractivity contribution < 1.29 is 24.5 Å². The van der Waals surface area contributed by atoms with Gasteiger partial charge in [0.2, 0.25) is 5.91 Å². The quantitative estimate of drug-likeness (QED) is 0.0320. The summed E-state index contributed by atoms with van der Waals surface area (Å²) >= 11 is 0. The first-order valence-electron chi connectivity index (χ1n) is 34.2. The molecule has 0 rings (SSSR count). The maximum atomic E-state index is 12.5. The van der Waals surface area contributed by atoms with Crippen LogP contribution >= 0.6 is 0 Å². The van der Waals surface area contributed by atoms with E-state index in [-0.39, 0.29) is 18.5 Å². The molecule has 0 aliphatic rings. The lowest BCUT2D eigenvalue weighted by molar-refractivity contribution is -0.143. The third-order valence-electron chi connectivity index (χ3n) is 15.9. The van der Waals surface area contributed by atoms with Crippen LogP contribution in [0.25, 0.3) is 0 Å². The van der Waals surface area contributed by atoms with Crippen molar-refractivity contribution in [3.63, 3.8) is 0 Å². The van der Waals surface area contributed by atoms with E-state index in [1.807, 2.05) is 0 Å². The highest BCUT2D eigenvalue weighted by atomic mass is 16.5. The second kappa shape index (κ2) is 65.6. The van der Waals surface area contributed by atoms with Gasteiger partial charge in [0.05, 0.1) is 25.4 Å². The Morgan fingerprint density at radius 3 is 1.05 bits per heavy atom. The molecule has 0 spiro atoms. The van der Waals surface area contributed by atoms with E-state index in [9.17, 15) is 19.8 Å². The van der Waals surface area contributed by atoms with Crippen molar-refractivity contribution in [2.45, 2.75) is 386 Å². The zero-order valence-corrected chi connectivity index (χ0v) is 51.3. The fourth-order valence-corrected chi connectivity index (χ4v) is 10.7. The van der Waals surface area contributed by atoms with E-state index in [0.29, 0.717) is 25.9 Å². The van der Waals surface area contributed by atoms with E-state index in [1.165, 1.54) is 289 Å². The molecule has 0 aromatic carbocycles. The van der Waals surface area contributed by atoms with Gasteiger partial charge in [0, 0.05) is 12.8 Å². The molecule has 6 heteroatoms. The molecular weight excluding hydrogens is 935 g/mol. The minimum atomic E-state index is -0.667. The predicted molar refractivity (Wildman–Crippen MR) is 333 cm³/mol. The number of aliphatic hydroxyl groups is 2. The number of amides is 1. The van der Waals surface area contributed by atoms with Crippen LogP contribution in [0.4, 0.5) is 0 Å². The summed E-state index contributed by atoms with van der Waals surface area (Å²) in [6.45, 7) is 4.93. The highest BCUT2D eigenvalue weighted by Crippen LogP contribution is 2.18. The maximum absolute atomic E-state index is 12.5. The smallest absolute Gasteiger partial charge is 0.305 e. The molecule has 0 aromatic rings. The van der Waals surface area contributed by atoms with Crippen molar-refractivity contribution >= 4 is 11.9 Å². The van der Waals surface area contributed by atoms with Gasteiger partial charge in [-0.2, -0.15) is 0 Å². The van der Waals surface area contributed by atoms with Crippen LogP contribution < -0.4 is 5.32 Å². The van der Waals surface area contributed by atoms with Gasteiger partial charge in [-0.05, 0) is 77.0 Å². The van der Waals surface area contributed by atoms with Crippen LogP contribution in [0, 0.1) is 0 Å². The van der Waals surface area contributed by atoms with Gasteiger partial charge in [-0.15, -0.1) is 0 Å². The van der Waals surface area contributed by atoms with Gasteiger partial charge >= 0.3 is 5.97 Å². The minimum Gasteiger partial charge on any atom is -0.466 e. The molecule has 1 amide bonds. The van der Waals surface area contributed by atoms with E-state index < -0.39 is 12.1 Å². The summed E-state index contributed by atoms with van der Waals surface area (Å²) in [6, 6.07) is -0.545. The Kier molecular flexibility index (Phi) is 63.9. The summed E-state index contributed by atoms with van der Waals surface area (Å²) < 4.78 is 5.48. The highest BCUT2D eigenvalue weighted by Gasteiger charge is 2.20.